The van der Waals surface area contributed by atoms with E-state index in [9.17, 15) is 0 Å². The van der Waals surface area contributed by atoms with Crippen molar-refractivity contribution in [1.29, 1.82) is 0 Å². The van der Waals surface area contributed by atoms with E-state index in [4.69, 9.17) is 0 Å². The number of nitrogens with zero attached hydrogens (tertiary/aromatic N) is 1. The molecule has 17 heavy (non-hydrogen) atoms. The summed E-state index contributed by atoms with van der Waals surface area (Å²) < 4.78 is 0. The van der Waals surface area contributed by atoms with Crippen LogP contribution in [0.2, 0.25) is 0 Å². The number of nitrogens with one attached hydrogen (secondary N) is 1. The molecule has 1 heterocycles. The van der Waals surface area contributed by atoms with E-state index in [1.54, 1.807) is 0 Å². The normalized spacial score (nSPS) is 16.4. The van der Waals surface area contributed by atoms with Gasteiger partial charge in [-0.15, -0.1) is 0 Å². The average Bonchev–Trinajstić information content (AvgIpc) is 2.35. The van der Waals surface area contributed by atoms with Crippen LogP contribution in [0.15, 0.2) is 18.2 Å². The lowest BCUT2D eigenvalue weighted by molar-refractivity contribution is 0.268. The molecule has 1 saturated heterocycles. The molecule has 90 valence electrons. The van der Waals surface area contributed by atoms with Crippen molar-refractivity contribution >= 4 is 0 Å². The first-order chi connectivity index (χ1) is 8.25. The highest BCUT2D eigenvalue weighted by Crippen LogP contribution is 2.08. The third-order valence-electron chi connectivity index (χ3n) is 3.13. The number of hydrogen-bond donors (Lipinski definition) is 1. The highest BCUT2D eigenvalue weighted by molar-refractivity contribution is 5.43. The predicted molar refractivity (Wildman–Crippen MR) is 72.1 cm³/mol. The van der Waals surface area contributed by atoms with Crippen LogP contribution in [0.5, 0.6) is 0 Å². The molecule has 0 aromatic heterocycles. The van der Waals surface area contributed by atoms with Crippen molar-refractivity contribution < 1.29 is 0 Å². The zero-order valence-electron chi connectivity index (χ0n) is 10.7. The molecule has 0 amide bonds. The maximum Gasteiger partial charge on any atom is 0.0606 e. The van der Waals surface area contributed by atoms with Crippen LogP contribution in [-0.4, -0.2) is 37.6 Å². The molecule has 1 fully saturated rings. The van der Waals surface area contributed by atoms with Crippen LogP contribution in [0.1, 0.15) is 16.7 Å². The molecular weight excluding hydrogens is 208 g/mol. The first kappa shape index (κ1) is 12.2. The maximum atomic E-state index is 3.35. The topological polar surface area (TPSA) is 15.3 Å². The molecule has 1 aliphatic heterocycles. The molecule has 2 heteroatoms. The minimum absolute atomic E-state index is 0.884. The van der Waals surface area contributed by atoms with Crippen LogP contribution < -0.4 is 5.32 Å². The summed E-state index contributed by atoms with van der Waals surface area (Å²) in [6, 6.07) is 6.45. The average molecular weight is 228 g/mol. The van der Waals surface area contributed by atoms with Gasteiger partial charge in [-0.2, -0.15) is 0 Å². The Morgan fingerprint density at radius 2 is 2.00 bits per heavy atom. The molecule has 0 atom stereocenters. The van der Waals surface area contributed by atoms with Gasteiger partial charge in [0.2, 0.25) is 0 Å². The number of aryl methyl sites for hydroxylation is 2. The summed E-state index contributed by atoms with van der Waals surface area (Å²) >= 11 is 0. The molecule has 1 aliphatic rings. The standard InChI is InChI=1S/C15H20N2/c1-13-5-6-14(2)15(12-13)4-3-9-17-10-7-16-8-11-17/h5-6,12,16H,7-11H2,1-2H3. The van der Waals surface area contributed by atoms with Gasteiger partial charge in [0.25, 0.3) is 0 Å². The van der Waals surface area contributed by atoms with Gasteiger partial charge in [-0.25, -0.2) is 0 Å². The minimum Gasteiger partial charge on any atom is -0.314 e. The Bertz CT molecular complexity index is 434. The largest absolute Gasteiger partial charge is 0.314 e. The van der Waals surface area contributed by atoms with Crippen molar-refractivity contribution in [3.05, 3.63) is 34.9 Å². The number of hydrogen-bond acceptors (Lipinski definition) is 2. The van der Waals surface area contributed by atoms with Gasteiger partial charge >= 0.3 is 0 Å². The second-order valence-corrected chi connectivity index (χ2v) is 4.65. The second-order valence-electron chi connectivity index (χ2n) is 4.65. The summed E-state index contributed by atoms with van der Waals surface area (Å²) in [6.45, 7) is 9.52. The molecular formula is C15H20N2. The Balaban J connectivity index is 1.98. The van der Waals surface area contributed by atoms with Crippen LogP contribution in [0.3, 0.4) is 0 Å². The molecule has 0 spiro atoms. The lowest BCUT2D eigenvalue weighted by Gasteiger charge is -2.24. The highest BCUT2D eigenvalue weighted by Gasteiger charge is 2.06. The lowest BCUT2D eigenvalue weighted by atomic mass is 10.1. The van der Waals surface area contributed by atoms with Gasteiger partial charge in [-0.1, -0.05) is 24.0 Å². The van der Waals surface area contributed by atoms with Crippen LogP contribution in [0.4, 0.5) is 0 Å². The van der Waals surface area contributed by atoms with Crippen molar-refractivity contribution in [2.24, 2.45) is 0 Å². The van der Waals surface area contributed by atoms with E-state index in [1.807, 2.05) is 0 Å². The Hall–Kier alpha value is -1.30. The molecule has 1 aromatic rings. The number of benzene rings is 1. The fraction of sp³-hybridized carbons (Fsp3) is 0.467. The first-order valence-electron chi connectivity index (χ1n) is 6.25. The first-order valence-corrected chi connectivity index (χ1v) is 6.25. The van der Waals surface area contributed by atoms with E-state index in [-0.39, 0.29) is 0 Å². The summed E-state index contributed by atoms with van der Waals surface area (Å²) in [4.78, 5) is 2.40. The van der Waals surface area contributed by atoms with E-state index >= 15 is 0 Å². The quantitative estimate of drug-likeness (QED) is 0.734. The molecule has 0 bridgehead atoms. The molecule has 0 aliphatic carbocycles. The van der Waals surface area contributed by atoms with E-state index in [0.29, 0.717) is 0 Å². The Labute approximate surface area is 104 Å². The van der Waals surface area contributed by atoms with Crippen molar-refractivity contribution in [2.75, 3.05) is 32.7 Å². The minimum atomic E-state index is 0.884. The van der Waals surface area contributed by atoms with E-state index in [2.05, 4.69) is 54.1 Å². The summed E-state index contributed by atoms with van der Waals surface area (Å²) in [6.07, 6.45) is 0. The van der Waals surface area contributed by atoms with E-state index in [1.165, 1.54) is 16.7 Å². The number of rotatable bonds is 1. The Kier molecular flexibility index (Phi) is 4.19. The third kappa shape index (κ3) is 3.59. The van der Waals surface area contributed by atoms with Crippen LogP contribution in [0, 0.1) is 25.7 Å². The van der Waals surface area contributed by atoms with Crippen molar-refractivity contribution in [3.63, 3.8) is 0 Å². The molecule has 2 rings (SSSR count). The zero-order valence-corrected chi connectivity index (χ0v) is 10.7. The summed E-state index contributed by atoms with van der Waals surface area (Å²) in [5.74, 6) is 6.58. The van der Waals surface area contributed by atoms with Crippen molar-refractivity contribution in [2.45, 2.75) is 13.8 Å². The third-order valence-corrected chi connectivity index (χ3v) is 3.13. The van der Waals surface area contributed by atoms with Gasteiger partial charge < -0.3 is 5.32 Å². The van der Waals surface area contributed by atoms with Crippen LogP contribution in [0.25, 0.3) is 0 Å². The van der Waals surface area contributed by atoms with Gasteiger partial charge in [0.1, 0.15) is 0 Å². The Morgan fingerprint density at radius 1 is 1.24 bits per heavy atom. The SMILES string of the molecule is Cc1ccc(C)c(C#CCN2CCNCC2)c1. The molecule has 0 radical (unpaired) electrons. The van der Waals surface area contributed by atoms with Gasteiger partial charge in [0.05, 0.1) is 6.54 Å². The fourth-order valence-electron chi connectivity index (χ4n) is 1.99. The highest BCUT2D eigenvalue weighted by atomic mass is 15.2. The van der Waals surface area contributed by atoms with E-state index < -0.39 is 0 Å². The molecule has 1 N–H and O–H groups in total. The molecule has 0 saturated carbocycles. The Morgan fingerprint density at radius 3 is 2.76 bits per heavy atom. The van der Waals surface area contributed by atoms with Crippen molar-refractivity contribution in [1.82, 2.24) is 10.2 Å². The summed E-state index contributed by atoms with van der Waals surface area (Å²) in [7, 11) is 0. The zero-order chi connectivity index (χ0) is 12.1. The summed E-state index contributed by atoms with van der Waals surface area (Å²) in [5, 5.41) is 3.35. The van der Waals surface area contributed by atoms with E-state index in [0.717, 1.165) is 32.7 Å². The maximum absolute atomic E-state index is 3.35. The summed E-state index contributed by atoms with van der Waals surface area (Å²) in [5.41, 5.74) is 3.71. The molecule has 0 unspecified atom stereocenters. The van der Waals surface area contributed by atoms with Crippen LogP contribution in [-0.2, 0) is 0 Å². The molecule has 2 nitrogen and oxygen atoms in total. The van der Waals surface area contributed by atoms with Gasteiger partial charge in [-0.05, 0) is 31.0 Å². The van der Waals surface area contributed by atoms with Crippen molar-refractivity contribution in [3.8, 4) is 11.8 Å². The predicted octanol–water partition coefficient (Wildman–Crippen LogP) is 1.56. The monoisotopic (exact) mass is 228 g/mol. The number of piperazine rings is 1. The molecule has 1 aromatic carbocycles. The lowest BCUT2D eigenvalue weighted by Crippen LogP contribution is -2.43. The van der Waals surface area contributed by atoms with Gasteiger partial charge in [0, 0.05) is 31.7 Å². The van der Waals surface area contributed by atoms with Gasteiger partial charge in [0.15, 0.2) is 0 Å². The van der Waals surface area contributed by atoms with Crippen LogP contribution >= 0.6 is 0 Å². The van der Waals surface area contributed by atoms with Gasteiger partial charge in [-0.3, -0.25) is 4.90 Å². The fourth-order valence-corrected chi connectivity index (χ4v) is 1.99. The second kappa shape index (κ2) is 5.86. The smallest absolute Gasteiger partial charge is 0.0606 e.